The number of hydrazone groups is 2. The van der Waals surface area contributed by atoms with Crippen molar-refractivity contribution in [3.05, 3.63) is 95.1 Å². The summed E-state index contributed by atoms with van der Waals surface area (Å²) in [6.07, 6.45) is 4.79. The first-order valence-electron chi connectivity index (χ1n) is 9.71. The minimum Gasteiger partial charge on any atom is -0.298 e. The van der Waals surface area contributed by atoms with E-state index in [1.54, 1.807) is 48.8 Å². The van der Waals surface area contributed by atoms with Gasteiger partial charge in [0, 0.05) is 21.9 Å². The third-order valence-electron chi connectivity index (χ3n) is 4.55. The lowest BCUT2D eigenvalue weighted by atomic mass is 10.1. The first-order chi connectivity index (χ1) is 15.8. The molecule has 0 radical (unpaired) electrons. The van der Waals surface area contributed by atoms with E-state index < -0.39 is 0 Å². The van der Waals surface area contributed by atoms with E-state index in [-0.39, 0.29) is 0 Å². The summed E-state index contributed by atoms with van der Waals surface area (Å²) in [5, 5.41) is 18.5. The van der Waals surface area contributed by atoms with Gasteiger partial charge in [0.1, 0.15) is 12.6 Å². The van der Waals surface area contributed by atoms with Crippen molar-refractivity contribution in [2.45, 2.75) is 0 Å². The zero-order chi connectivity index (χ0) is 22.2. The molecule has 4 aromatic rings. The Morgan fingerprint density at radius 2 is 1.03 bits per heavy atom. The standard InChI is InChI=1S/C24H18N6O2/c31-15-19-7-3-5-17(11-19)13-25-27-23-21-9-1-2-10-22(21)24(30-29-23)28-26-14-18-6-4-8-20(12-18)16-32/h1-16H,(H,27,29)(H,28,30). The van der Waals surface area contributed by atoms with Crippen LogP contribution in [0.15, 0.2) is 83.0 Å². The fraction of sp³-hybridized carbons (Fsp3) is 0. The first kappa shape index (κ1) is 20.5. The highest BCUT2D eigenvalue weighted by atomic mass is 16.1. The number of hydrogen-bond donors (Lipinski definition) is 2. The number of rotatable bonds is 8. The van der Waals surface area contributed by atoms with E-state index in [9.17, 15) is 9.59 Å². The maximum Gasteiger partial charge on any atom is 0.176 e. The number of carbonyl (C=O) groups excluding carboxylic acids is 2. The molecule has 0 saturated heterocycles. The lowest BCUT2D eigenvalue weighted by molar-refractivity contribution is 0.111. The average Bonchev–Trinajstić information content (AvgIpc) is 2.85. The van der Waals surface area contributed by atoms with E-state index in [4.69, 9.17) is 0 Å². The second-order valence-corrected chi connectivity index (χ2v) is 6.76. The predicted molar refractivity (Wildman–Crippen MR) is 126 cm³/mol. The molecular weight excluding hydrogens is 404 g/mol. The number of hydrogen-bond acceptors (Lipinski definition) is 8. The van der Waals surface area contributed by atoms with E-state index in [2.05, 4.69) is 31.3 Å². The normalized spacial score (nSPS) is 11.1. The SMILES string of the molecule is O=Cc1cccc(C=NNc2nnc(NN=Cc3cccc(C=O)c3)c3ccccc23)c1. The molecule has 0 aliphatic rings. The summed E-state index contributed by atoms with van der Waals surface area (Å²) in [5.74, 6) is 0.966. The third kappa shape index (κ3) is 4.88. The average molecular weight is 422 g/mol. The van der Waals surface area contributed by atoms with Crippen LogP contribution in [0.4, 0.5) is 11.6 Å². The molecule has 156 valence electrons. The summed E-state index contributed by atoms with van der Waals surface area (Å²) in [5.41, 5.74) is 8.53. The highest BCUT2D eigenvalue weighted by Crippen LogP contribution is 2.25. The van der Waals surface area contributed by atoms with Crippen molar-refractivity contribution >= 4 is 47.4 Å². The van der Waals surface area contributed by atoms with E-state index >= 15 is 0 Å². The first-order valence-corrected chi connectivity index (χ1v) is 9.71. The van der Waals surface area contributed by atoms with Crippen molar-refractivity contribution in [3.8, 4) is 0 Å². The molecule has 8 nitrogen and oxygen atoms in total. The lowest BCUT2D eigenvalue weighted by Gasteiger charge is -2.08. The molecule has 0 aliphatic heterocycles. The molecular formula is C24H18N6O2. The van der Waals surface area contributed by atoms with Crippen LogP contribution in [0.1, 0.15) is 31.8 Å². The van der Waals surface area contributed by atoms with Crippen LogP contribution in [0.25, 0.3) is 10.8 Å². The molecule has 1 aromatic heterocycles. The summed E-state index contributed by atoms with van der Waals surface area (Å²) in [6, 6.07) is 21.8. The molecule has 1 heterocycles. The number of fused-ring (bicyclic) bond motifs is 1. The van der Waals surface area contributed by atoms with Crippen molar-refractivity contribution in [3.63, 3.8) is 0 Å². The van der Waals surface area contributed by atoms with Crippen LogP contribution in [0.3, 0.4) is 0 Å². The highest BCUT2D eigenvalue weighted by Gasteiger charge is 2.08. The van der Waals surface area contributed by atoms with Crippen molar-refractivity contribution in [1.29, 1.82) is 0 Å². The van der Waals surface area contributed by atoms with Gasteiger partial charge in [-0.1, -0.05) is 60.7 Å². The number of carbonyl (C=O) groups is 2. The number of benzene rings is 3. The Hall–Kier alpha value is -4.72. The van der Waals surface area contributed by atoms with Crippen molar-refractivity contribution in [1.82, 2.24) is 10.2 Å². The van der Waals surface area contributed by atoms with Crippen LogP contribution < -0.4 is 10.9 Å². The number of anilines is 2. The summed E-state index contributed by atoms with van der Waals surface area (Å²) >= 11 is 0. The minimum absolute atomic E-state index is 0.483. The molecule has 0 spiro atoms. The fourth-order valence-corrected chi connectivity index (χ4v) is 3.03. The monoisotopic (exact) mass is 422 g/mol. The molecule has 32 heavy (non-hydrogen) atoms. The van der Waals surface area contributed by atoms with E-state index in [1.807, 2.05) is 36.4 Å². The lowest BCUT2D eigenvalue weighted by Crippen LogP contribution is -2.01. The number of nitrogens with one attached hydrogen (secondary N) is 2. The summed E-state index contributed by atoms with van der Waals surface area (Å²) in [6.45, 7) is 0. The van der Waals surface area contributed by atoms with Gasteiger partial charge in [0.25, 0.3) is 0 Å². The van der Waals surface area contributed by atoms with Crippen LogP contribution in [0.2, 0.25) is 0 Å². The molecule has 2 N–H and O–H groups in total. The van der Waals surface area contributed by atoms with Gasteiger partial charge >= 0.3 is 0 Å². The maximum absolute atomic E-state index is 10.9. The summed E-state index contributed by atoms with van der Waals surface area (Å²) in [4.78, 5) is 21.8. The second-order valence-electron chi connectivity index (χ2n) is 6.76. The van der Waals surface area contributed by atoms with Gasteiger partial charge in [0.15, 0.2) is 11.6 Å². The molecule has 8 heteroatoms. The van der Waals surface area contributed by atoms with Crippen LogP contribution in [0, 0.1) is 0 Å². The highest BCUT2D eigenvalue weighted by molar-refractivity contribution is 5.98. The van der Waals surface area contributed by atoms with Gasteiger partial charge in [-0.2, -0.15) is 10.2 Å². The molecule has 0 unspecified atom stereocenters. The number of aromatic nitrogens is 2. The van der Waals surface area contributed by atoms with Gasteiger partial charge in [-0.25, -0.2) is 0 Å². The Labute approximate surface area is 183 Å². The molecule has 0 amide bonds. The molecule has 0 aliphatic carbocycles. The molecule has 0 saturated carbocycles. The van der Waals surface area contributed by atoms with Gasteiger partial charge in [0.2, 0.25) is 0 Å². The van der Waals surface area contributed by atoms with Gasteiger partial charge in [-0.05, 0) is 23.3 Å². The van der Waals surface area contributed by atoms with E-state index in [0.29, 0.717) is 22.8 Å². The molecule has 0 bridgehead atoms. The van der Waals surface area contributed by atoms with E-state index in [0.717, 1.165) is 34.5 Å². The van der Waals surface area contributed by atoms with Gasteiger partial charge in [-0.15, -0.1) is 10.2 Å². The molecule has 3 aromatic carbocycles. The predicted octanol–water partition coefficient (Wildman–Crippen LogP) is 4.15. The van der Waals surface area contributed by atoms with Gasteiger partial charge in [-0.3, -0.25) is 20.4 Å². The Morgan fingerprint density at radius 1 is 0.594 bits per heavy atom. The van der Waals surface area contributed by atoms with Crippen molar-refractivity contribution in [2.75, 3.05) is 10.9 Å². The second kappa shape index (κ2) is 9.86. The minimum atomic E-state index is 0.483. The molecule has 0 atom stereocenters. The molecule has 0 fully saturated rings. The number of nitrogens with zero attached hydrogens (tertiary/aromatic N) is 4. The Morgan fingerprint density at radius 3 is 1.47 bits per heavy atom. The largest absolute Gasteiger partial charge is 0.298 e. The summed E-state index contributed by atoms with van der Waals surface area (Å²) < 4.78 is 0. The van der Waals surface area contributed by atoms with Crippen LogP contribution in [-0.4, -0.2) is 35.2 Å². The van der Waals surface area contributed by atoms with Gasteiger partial charge < -0.3 is 0 Å². The number of aldehydes is 2. The maximum atomic E-state index is 10.9. The quantitative estimate of drug-likeness (QED) is 0.251. The van der Waals surface area contributed by atoms with Crippen molar-refractivity contribution in [2.24, 2.45) is 10.2 Å². The zero-order valence-corrected chi connectivity index (χ0v) is 16.8. The van der Waals surface area contributed by atoms with Crippen LogP contribution >= 0.6 is 0 Å². The Balaban J connectivity index is 1.53. The molecule has 4 rings (SSSR count). The van der Waals surface area contributed by atoms with Crippen LogP contribution in [-0.2, 0) is 0 Å². The fourth-order valence-electron chi connectivity index (χ4n) is 3.03. The third-order valence-corrected chi connectivity index (χ3v) is 4.55. The van der Waals surface area contributed by atoms with Crippen LogP contribution in [0.5, 0.6) is 0 Å². The topological polar surface area (TPSA) is 109 Å². The Bertz CT molecular complexity index is 1230. The zero-order valence-electron chi connectivity index (χ0n) is 16.8. The van der Waals surface area contributed by atoms with Gasteiger partial charge in [0.05, 0.1) is 12.4 Å². The smallest absolute Gasteiger partial charge is 0.176 e. The van der Waals surface area contributed by atoms with Crippen molar-refractivity contribution < 1.29 is 9.59 Å². The summed E-state index contributed by atoms with van der Waals surface area (Å²) in [7, 11) is 0. The Kier molecular flexibility index (Phi) is 6.33. The van der Waals surface area contributed by atoms with E-state index in [1.165, 1.54) is 0 Å².